The third kappa shape index (κ3) is 1.38. The Balaban J connectivity index is 2.74. The minimum Gasteiger partial charge on any atom is -0.506 e. The van der Waals surface area contributed by atoms with Gasteiger partial charge in [0.05, 0.1) is 0 Å². The van der Waals surface area contributed by atoms with Crippen molar-refractivity contribution in [2.24, 2.45) is 0 Å². The van der Waals surface area contributed by atoms with Gasteiger partial charge < -0.3 is 5.11 Å². The molecule has 1 aliphatic rings. The second-order valence-electron chi connectivity index (χ2n) is 2.69. The number of hydrogen-bond acceptors (Lipinski definition) is 1. The third-order valence-corrected chi connectivity index (χ3v) is 1.91. The maximum Gasteiger partial charge on any atom is 0.215 e. The summed E-state index contributed by atoms with van der Waals surface area (Å²) < 4.78 is 2.11. The summed E-state index contributed by atoms with van der Waals surface area (Å²) in [6.45, 7) is 4.72. The Labute approximate surface area is 61.5 Å². The van der Waals surface area contributed by atoms with Crippen LogP contribution in [-0.2, 0) is 0 Å². The van der Waals surface area contributed by atoms with Gasteiger partial charge in [-0.15, -0.1) is 0 Å². The van der Waals surface area contributed by atoms with Crippen LogP contribution in [0, 0.1) is 0 Å². The van der Waals surface area contributed by atoms with Crippen LogP contribution in [0.4, 0.5) is 0 Å². The minimum absolute atomic E-state index is 0.429. The van der Waals surface area contributed by atoms with Gasteiger partial charge >= 0.3 is 0 Å². The molecule has 0 aromatic rings. The van der Waals surface area contributed by atoms with Gasteiger partial charge in [0.2, 0.25) is 5.70 Å². The van der Waals surface area contributed by atoms with Gasteiger partial charge in [0, 0.05) is 19.8 Å². The van der Waals surface area contributed by atoms with Gasteiger partial charge in [-0.05, 0) is 6.92 Å². The van der Waals surface area contributed by atoms with E-state index < -0.39 is 0 Å². The second kappa shape index (κ2) is 2.86. The molecule has 1 N–H and O–H groups in total. The van der Waals surface area contributed by atoms with Gasteiger partial charge in [0.1, 0.15) is 12.8 Å². The zero-order valence-electron chi connectivity index (χ0n) is 6.59. The first-order chi connectivity index (χ1) is 4.72. The van der Waals surface area contributed by atoms with Crippen LogP contribution in [0.25, 0.3) is 0 Å². The maximum absolute atomic E-state index is 9.10. The van der Waals surface area contributed by atoms with E-state index >= 15 is 0 Å². The molecule has 56 valence electrons. The van der Waals surface area contributed by atoms with Crippen LogP contribution in [-0.4, -0.2) is 22.4 Å². The summed E-state index contributed by atoms with van der Waals surface area (Å²) in [5.74, 6) is 0.429. The van der Waals surface area contributed by atoms with Crippen LogP contribution in [0.3, 0.4) is 0 Å². The summed E-state index contributed by atoms with van der Waals surface area (Å²) in [6, 6.07) is 0. The van der Waals surface area contributed by atoms with E-state index in [0.717, 1.165) is 18.7 Å². The Morgan fingerprint density at radius 1 is 1.50 bits per heavy atom. The largest absolute Gasteiger partial charge is 0.506 e. The number of aliphatic hydroxyl groups excluding tert-OH is 1. The summed E-state index contributed by atoms with van der Waals surface area (Å²) in [5, 5.41) is 9.10. The van der Waals surface area contributed by atoms with Gasteiger partial charge in [-0.1, -0.05) is 0 Å². The first-order valence-corrected chi connectivity index (χ1v) is 3.68. The SMILES string of the molecule is C/C(O)=C(\C)[N+]1=CCCC1. The Morgan fingerprint density at radius 3 is 2.60 bits per heavy atom. The average molecular weight is 140 g/mol. The molecular weight excluding hydrogens is 126 g/mol. The molecule has 0 unspecified atom stereocenters. The lowest BCUT2D eigenvalue weighted by Gasteiger charge is -1.96. The molecule has 0 saturated heterocycles. The van der Waals surface area contributed by atoms with E-state index in [-0.39, 0.29) is 0 Å². The number of nitrogens with zero attached hydrogens (tertiary/aromatic N) is 1. The fourth-order valence-corrected chi connectivity index (χ4v) is 1.11. The van der Waals surface area contributed by atoms with Crippen molar-refractivity contribution in [1.82, 2.24) is 0 Å². The van der Waals surface area contributed by atoms with Gasteiger partial charge in [-0.2, -0.15) is 0 Å². The smallest absolute Gasteiger partial charge is 0.215 e. The van der Waals surface area contributed by atoms with Crippen molar-refractivity contribution in [1.29, 1.82) is 0 Å². The minimum atomic E-state index is 0.429. The molecule has 0 aromatic carbocycles. The Bertz CT molecular complexity index is 187. The molecule has 0 aromatic heterocycles. The van der Waals surface area contributed by atoms with E-state index in [0.29, 0.717) is 5.76 Å². The van der Waals surface area contributed by atoms with Crippen LogP contribution in [0.1, 0.15) is 26.7 Å². The van der Waals surface area contributed by atoms with Crippen molar-refractivity contribution in [2.75, 3.05) is 6.54 Å². The van der Waals surface area contributed by atoms with Crippen LogP contribution >= 0.6 is 0 Å². The molecule has 0 aliphatic carbocycles. The average Bonchev–Trinajstić information content (AvgIpc) is 2.36. The highest BCUT2D eigenvalue weighted by atomic mass is 16.3. The number of aliphatic hydroxyl groups is 1. The first-order valence-electron chi connectivity index (χ1n) is 3.68. The lowest BCUT2D eigenvalue weighted by atomic mass is 10.4. The third-order valence-electron chi connectivity index (χ3n) is 1.91. The quantitative estimate of drug-likeness (QED) is 0.434. The predicted molar refractivity (Wildman–Crippen MR) is 41.4 cm³/mol. The van der Waals surface area contributed by atoms with E-state index in [4.69, 9.17) is 5.11 Å². The van der Waals surface area contributed by atoms with Crippen molar-refractivity contribution < 1.29 is 9.68 Å². The van der Waals surface area contributed by atoms with E-state index in [2.05, 4.69) is 10.8 Å². The molecule has 0 saturated carbocycles. The summed E-state index contributed by atoms with van der Waals surface area (Å²) >= 11 is 0. The topological polar surface area (TPSA) is 23.2 Å². The summed E-state index contributed by atoms with van der Waals surface area (Å²) in [7, 11) is 0. The molecule has 0 bridgehead atoms. The van der Waals surface area contributed by atoms with Crippen molar-refractivity contribution in [3.8, 4) is 0 Å². The molecule has 2 heteroatoms. The standard InChI is InChI=1S/C8H13NO/c1-7(8(2)10)9-5-3-4-6-9/h5H,3-4,6H2,1-2H3/p+1/b8-7-. The van der Waals surface area contributed by atoms with E-state index in [1.54, 1.807) is 6.92 Å². The summed E-state index contributed by atoms with van der Waals surface area (Å²) in [5.41, 5.74) is 0.984. The first kappa shape index (κ1) is 7.32. The fourth-order valence-electron chi connectivity index (χ4n) is 1.11. The van der Waals surface area contributed by atoms with Gasteiger partial charge in [0.15, 0.2) is 5.76 Å². The molecule has 0 fully saturated rings. The molecule has 0 atom stereocenters. The number of allylic oxidation sites excluding steroid dienone is 2. The Hall–Kier alpha value is -0.790. The molecule has 2 nitrogen and oxygen atoms in total. The zero-order valence-corrected chi connectivity index (χ0v) is 6.59. The van der Waals surface area contributed by atoms with Crippen LogP contribution in [0.2, 0.25) is 0 Å². The molecule has 1 rings (SSSR count). The lowest BCUT2D eigenvalue weighted by Crippen LogP contribution is -2.07. The van der Waals surface area contributed by atoms with Crippen molar-refractivity contribution in [2.45, 2.75) is 26.7 Å². The summed E-state index contributed by atoms with van der Waals surface area (Å²) in [6.07, 6.45) is 4.49. The molecule has 10 heavy (non-hydrogen) atoms. The van der Waals surface area contributed by atoms with Crippen LogP contribution < -0.4 is 0 Å². The van der Waals surface area contributed by atoms with Crippen LogP contribution in [0.5, 0.6) is 0 Å². The van der Waals surface area contributed by atoms with E-state index in [1.165, 1.54) is 6.42 Å². The number of rotatable bonds is 1. The van der Waals surface area contributed by atoms with Crippen molar-refractivity contribution in [3.63, 3.8) is 0 Å². The van der Waals surface area contributed by atoms with E-state index in [1.807, 2.05) is 6.92 Å². The van der Waals surface area contributed by atoms with Crippen molar-refractivity contribution >= 4 is 6.21 Å². The molecule has 0 spiro atoms. The van der Waals surface area contributed by atoms with Gasteiger partial charge in [-0.25, -0.2) is 4.58 Å². The van der Waals surface area contributed by atoms with E-state index in [9.17, 15) is 0 Å². The Morgan fingerprint density at radius 2 is 2.20 bits per heavy atom. The molecule has 0 amide bonds. The monoisotopic (exact) mass is 140 g/mol. The Kier molecular flexibility index (Phi) is 2.10. The fraction of sp³-hybridized carbons (Fsp3) is 0.625. The number of hydrogen-bond donors (Lipinski definition) is 1. The highest BCUT2D eigenvalue weighted by Crippen LogP contribution is 2.07. The van der Waals surface area contributed by atoms with Crippen molar-refractivity contribution in [3.05, 3.63) is 11.5 Å². The molecule has 1 heterocycles. The zero-order chi connectivity index (χ0) is 7.56. The van der Waals surface area contributed by atoms with Gasteiger partial charge in [-0.3, -0.25) is 0 Å². The predicted octanol–water partition coefficient (Wildman–Crippen LogP) is 1.67. The maximum atomic E-state index is 9.10. The lowest BCUT2D eigenvalue weighted by molar-refractivity contribution is -0.466. The highest BCUT2D eigenvalue weighted by molar-refractivity contribution is 5.53. The highest BCUT2D eigenvalue weighted by Gasteiger charge is 2.14. The summed E-state index contributed by atoms with van der Waals surface area (Å²) in [4.78, 5) is 0. The second-order valence-corrected chi connectivity index (χ2v) is 2.69. The van der Waals surface area contributed by atoms with Gasteiger partial charge in [0.25, 0.3) is 0 Å². The molecule has 1 aliphatic heterocycles. The molecular formula is C8H14NO+. The molecule has 0 radical (unpaired) electrons. The normalized spacial score (nSPS) is 20.4. The van der Waals surface area contributed by atoms with Crippen LogP contribution in [0.15, 0.2) is 11.5 Å².